The number of pyridine rings is 1. The summed E-state index contributed by atoms with van der Waals surface area (Å²) in [5, 5.41) is 13.2. The lowest BCUT2D eigenvalue weighted by atomic mass is 10.0. The molecule has 1 aliphatic rings. The van der Waals surface area contributed by atoms with Crippen molar-refractivity contribution < 1.29 is 4.79 Å². The topological polar surface area (TPSA) is 69.0 Å². The highest BCUT2D eigenvalue weighted by molar-refractivity contribution is 6.30. The summed E-state index contributed by atoms with van der Waals surface area (Å²) in [6.07, 6.45) is 4.91. The summed E-state index contributed by atoms with van der Waals surface area (Å²) in [6, 6.07) is 11.1. The average Bonchev–Trinajstić information content (AvgIpc) is 2.63. The molecule has 0 spiro atoms. The second-order valence-corrected chi connectivity index (χ2v) is 6.18. The number of carbonyl (C=O) groups excluding carboxylic acids is 1. The highest BCUT2D eigenvalue weighted by atomic mass is 35.5. The molecule has 1 saturated heterocycles. The molecular weight excluding hydrogens is 324 g/mol. The molecule has 2 aromatic rings. The number of anilines is 1. The van der Waals surface area contributed by atoms with Crippen molar-refractivity contribution in [3.63, 3.8) is 0 Å². The fourth-order valence-corrected chi connectivity index (χ4v) is 3.03. The van der Waals surface area contributed by atoms with E-state index in [1.165, 1.54) is 0 Å². The molecule has 1 fully saturated rings. The zero-order valence-electron chi connectivity index (χ0n) is 13.1. The van der Waals surface area contributed by atoms with E-state index in [1.54, 1.807) is 42.7 Å². The van der Waals surface area contributed by atoms with Crippen LogP contribution in [0.15, 0.2) is 42.7 Å². The zero-order chi connectivity index (χ0) is 16.9. The van der Waals surface area contributed by atoms with E-state index < -0.39 is 0 Å². The number of hydrogen-bond donors (Lipinski definition) is 1. The van der Waals surface area contributed by atoms with Gasteiger partial charge in [-0.05, 0) is 43.2 Å². The molecule has 0 radical (unpaired) electrons. The lowest BCUT2D eigenvalue weighted by Crippen LogP contribution is -2.42. The number of piperidine rings is 1. The average molecular weight is 341 g/mol. The van der Waals surface area contributed by atoms with Gasteiger partial charge in [-0.2, -0.15) is 5.26 Å². The van der Waals surface area contributed by atoms with Crippen LogP contribution in [-0.2, 0) is 0 Å². The predicted octanol–water partition coefficient (Wildman–Crippen LogP) is 3.32. The quantitative estimate of drug-likeness (QED) is 0.930. The first-order valence-corrected chi connectivity index (χ1v) is 8.20. The van der Waals surface area contributed by atoms with Crippen molar-refractivity contribution in [2.75, 3.05) is 18.4 Å². The highest BCUT2D eigenvalue weighted by Crippen LogP contribution is 2.24. The van der Waals surface area contributed by atoms with Crippen LogP contribution in [0.1, 0.15) is 28.8 Å². The van der Waals surface area contributed by atoms with Gasteiger partial charge in [0.25, 0.3) is 5.91 Å². The van der Waals surface area contributed by atoms with Crippen LogP contribution in [0.3, 0.4) is 0 Å². The molecule has 0 atom stereocenters. The Morgan fingerprint density at radius 3 is 2.62 bits per heavy atom. The number of likely N-dealkylation sites (tertiary alicyclic amines) is 1. The van der Waals surface area contributed by atoms with Gasteiger partial charge in [0, 0.05) is 42.1 Å². The first kappa shape index (κ1) is 16.3. The van der Waals surface area contributed by atoms with Gasteiger partial charge < -0.3 is 10.2 Å². The van der Waals surface area contributed by atoms with Gasteiger partial charge >= 0.3 is 0 Å². The maximum atomic E-state index is 12.4. The van der Waals surface area contributed by atoms with Crippen molar-refractivity contribution in [2.24, 2.45) is 0 Å². The predicted molar refractivity (Wildman–Crippen MR) is 93.0 cm³/mol. The number of halogens is 1. The van der Waals surface area contributed by atoms with Crippen molar-refractivity contribution in [3.05, 3.63) is 58.9 Å². The van der Waals surface area contributed by atoms with Gasteiger partial charge in [0.15, 0.2) is 0 Å². The van der Waals surface area contributed by atoms with Gasteiger partial charge in [-0.1, -0.05) is 11.6 Å². The smallest absolute Gasteiger partial charge is 0.253 e. The van der Waals surface area contributed by atoms with Crippen LogP contribution in [0.4, 0.5) is 5.69 Å². The van der Waals surface area contributed by atoms with Gasteiger partial charge in [-0.3, -0.25) is 9.78 Å². The number of aromatic nitrogens is 1. The van der Waals surface area contributed by atoms with Crippen LogP contribution in [0.2, 0.25) is 5.02 Å². The van der Waals surface area contributed by atoms with Crippen LogP contribution < -0.4 is 5.32 Å². The van der Waals surface area contributed by atoms with Gasteiger partial charge in [0.2, 0.25) is 0 Å². The van der Waals surface area contributed by atoms with Crippen molar-refractivity contribution >= 4 is 23.2 Å². The summed E-state index contributed by atoms with van der Waals surface area (Å²) in [7, 11) is 0. The molecule has 2 heterocycles. The van der Waals surface area contributed by atoms with Gasteiger partial charge in [0.05, 0.1) is 11.3 Å². The van der Waals surface area contributed by atoms with E-state index in [9.17, 15) is 10.1 Å². The Kier molecular flexibility index (Phi) is 4.97. The first-order valence-electron chi connectivity index (χ1n) is 7.83. The molecule has 0 aliphatic carbocycles. The van der Waals surface area contributed by atoms with E-state index in [0.717, 1.165) is 18.5 Å². The van der Waals surface area contributed by atoms with Crippen LogP contribution >= 0.6 is 11.6 Å². The zero-order valence-corrected chi connectivity index (χ0v) is 13.8. The van der Waals surface area contributed by atoms with E-state index in [0.29, 0.717) is 29.2 Å². The van der Waals surface area contributed by atoms with E-state index in [2.05, 4.69) is 16.4 Å². The molecule has 1 amide bonds. The highest BCUT2D eigenvalue weighted by Gasteiger charge is 2.24. The third-order valence-corrected chi connectivity index (χ3v) is 4.41. The van der Waals surface area contributed by atoms with Gasteiger partial charge in [-0.15, -0.1) is 0 Å². The third-order valence-electron chi connectivity index (χ3n) is 4.17. The van der Waals surface area contributed by atoms with Crippen LogP contribution in [0, 0.1) is 11.3 Å². The molecule has 1 aromatic carbocycles. The largest absolute Gasteiger partial charge is 0.381 e. The number of benzene rings is 1. The lowest BCUT2D eigenvalue weighted by Gasteiger charge is -2.33. The summed E-state index contributed by atoms with van der Waals surface area (Å²) in [6.45, 7) is 1.36. The molecule has 0 saturated carbocycles. The number of hydrogen-bond acceptors (Lipinski definition) is 4. The monoisotopic (exact) mass is 340 g/mol. The van der Waals surface area contributed by atoms with E-state index in [4.69, 9.17) is 11.6 Å². The van der Waals surface area contributed by atoms with Gasteiger partial charge in [0.1, 0.15) is 6.07 Å². The minimum Gasteiger partial charge on any atom is -0.381 e. The van der Waals surface area contributed by atoms with Crippen molar-refractivity contribution in [2.45, 2.75) is 18.9 Å². The molecule has 5 nitrogen and oxygen atoms in total. The molecule has 6 heteroatoms. The van der Waals surface area contributed by atoms with Crippen molar-refractivity contribution in [1.82, 2.24) is 9.88 Å². The second kappa shape index (κ2) is 7.33. The Balaban J connectivity index is 1.61. The van der Waals surface area contributed by atoms with Crippen LogP contribution in [0.5, 0.6) is 0 Å². The minimum absolute atomic E-state index is 0.0383. The van der Waals surface area contributed by atoms with E-state index >= 15 is 0 Å². The van der Waals surface area contributed by atoms with Crippen LogP contribution in [0.25, 0.3) is 0 Å². The SMILES string of the molecule is N#Cc1ccc(Cl)cc1NC1CCN(C(=O)c2ccncc2)CC1. The maximum absolute atomic E-state index is 12.4. The molecular formula is C18H17ClN4O. The summed E-state index contributed by atoms with van der Waals surface area (Å²) >= 11 is 6.02. The molecule has 0 unspecified atom stereocenters. The summed E-state index contributed by atoms with van der Waals surface area (Å²) < 4.78 is 0. The van der Waals surface area contributed by atoms with E-state index in [1.807, 2.05) is 4.90 Å². The Morgan fingerprint density at radius 1 is 1.25 bits per heavy atom. The molecule has 3 rings (SSSR count). The second-order valence-electron chi connectivity index (χ2n) is 5.75. The standard InChI is InChI=1S/C18H17ClN4O/c19-15-2-1-14(12-20)17(11-15)22-16-5-9-23(10-6-16)18(24)13-3-7-21-8-4-13/h1-4,7-8,11,16,22H,5-6,9-10H2. The number of nitrogens with one attached hydrogen (secondary N) is 1. The molecule has 1 N–H and O–H groups in total. The Bertz CT molecular complexity index is 764. The number of nitrogens with zero attached hydrogens (tertiary/aromatic N) is 3. The number of amides is 1. The molecule has 24 heavy (non-hydrogen) atoms. The summed E-state index contributed by atoms with van der Waals surface area (Å²) in [4.78, 5) is 18.2. The van der Waals surface area contributed by atoms with Crippen LogP contribution in [-0.4, -0.2) is 34.9 Å². The molecule has 0 bridgehead atoms. The summed E-state index contributed by atoms with van der Waals surface area (Å²) in [5.74, 6) is 0.0383. The first-order chi connectivity index (χ1) is 11.7. The Morgan fingerprint density at radius 2 is 1.96 bits per heavy atom. The fraction of sp³-hybridized carbons (Fsp3) is 0.278. The Labute approximate surface area is 145 Å². The number of rotatable bonds is 3. The lowest BCUT2D eigenvalue weighted by molar-refractivity contribution is 0.0718. The molecule has 1 aromatic heterocycles. The molecule has 122 valence electrons. The number of carbonyl (C=O) groups is 1. The maximum Gasteiger partial charge on any atom is 0.253 e. The van der Waals surface area contributed by atoms with Crippen molar-refractivity contribution in [3.8, 4) is 6.07 Å². The minimum atomic E-state index is 0.0383. The van der Waals surface area contributed by atoms with E-state index in [-0.39, 0.29) is 11.9 Å². The van der Waals surface area contributed by atoms with Gasteiger partial charge in [-0.25, -0.2) is 0 Å². The fourth-order valence-electron chi connectivity index (χ4n) is 2.86. The normalized spacial score (nSPS) is 14.9. The molecule has 1 aliphatic heterocycles. The third kappa shape index (κ3) is 3.66. The summed E-state index contributed by atoms with van der Waals surface area (Å²) in [5.41, 5.74) is 2.00. The number of nitriles is 1. The Hall–Kier alpha value is -2.58. The van der Waals surface area contributed by atoms with Crippen molar-refractivity contribution in [1.29, 1.82) is 5.26 Å².